The number of amides is 1. The Morgan fingerprint density at radius 1 is 0.889 bits per heavy atom. The molecule has 0 spiro atoms. The standard InChI is InChI=1S/C14H18N2O4.C14H15NO/c17-10-12(18)13(19)14(20)16-8-6-15(7-9-16)11-4-2-1-3-5-11;1-15-11-12-7-9-14(10-8-12)16-13-5-3-2-4-6-13/h1-5,10,12-13,18-19H,6-9H2;2-10,15H,11H2,1H3. The van der Waals surface area contributed by atoms with Crippen LogP contribution < -0.4 is 15.0 Å². The summed E-state index contributed by atoms with van der Waals surface area (Å²) in [7, 11) is 1.94. The van der Waals surface area contributed by atoms with Crippen LogP contribution in [-0.4, -0.2) is 72.7 Å². The number of piperazine rings is 1. The molecule has 36 heavy (non-hydrogen) atoms. The number of aldehydes is 1. The average Bonchev–Trinajstić information content (AvgIpc) is 2.94. The van der Waals surface area contributed by atoms with Crippen LogP contribution in [0.15, 0.2) is 84.9 Å². The van der Waals surface area contributed by atoms with E-state index in [-0.39, 0.29) is 6.29 Å². The predicted octanol–water partition coefficient (Wildman–Crippen LogP) is 2.45. The van der Waals surface area contributed by atoms with Gasteiger partial charge in [0, 0.05) is 38.4 Å². The third-order valence-electron chi connectivity index (χ3n) is 5.71. The fourth-order valence-electron chi connectivity index (χ4n) is 3.74. The van der Waals surface area contributed by atoms with Crippen molar-refractivity contribution in [3.05, 3.63) is 90.5 Å². The number of ether oxygens (including phenoxy) is 1. The molecule has 190 valence electrons. The monoisotopic (exact) mass is 491 g/mol. The van der Waals surface area contributed by atoms with Gasteiger partial charge in [-0.05, 0) is 49.0 Å². The summed E-state index contributed by atoms with van der Waals surface area (Å²) in [6, 6.07) is 27.8. The summed E-state index contributed by atoms with van der Waals surface area (Å²) >= 11 is 0. The number of nitrogens with one attached hydrogen (secondary N) is 1. The molecule has 8 heteroatoms. The molecule has 1 aliphatic heterocycles. The first kappa shape index (κ1) is 26.9. The number of carbonyl (C=O) groups excluding carboxylic acids is 2. The molecule has 4 rings (SSSR count). The largest absolute Gasteiger partial charge is 0.457 e. The zero-order valence-corrected chi connectivity index (χ0v) is 20.4. The second kappa shape index (κ2) is 14.0. The third-order valence-corrected chi connectivity index (χ3v) is 5.71. The van der Waals surface area contributed by atoms with E-state index in [2.05, 4.69) is 22.3 Å². The average molecular weight is 492 g/mol. The first-order valence-corrected chi connectivity index (χ1v) is 11.9. The Hall–Kier alpha value is -3.72. The molecular weight excluding hydrogens is 458 g/mol. The Morgan fingerprint density at radius 3 is 2.00 bits per heavy atom. The van der Waals surface area contributed by atoms with Crippen LogP contribution in [0.2, 0.25) is 0 Å². The SMILES string of the molecule is CNCc1ccc(Oc2ccccc2)cc1.O=CC(O)C(O)C(=O)N1CCN(c2ccccc2)CC1. The van der Waals surface area contributed by atoms with E-state index in [1.807, 2.05) is 79.8 Å². The second-order valence-electron chi connectivity index (χ2n) is 8.31. The molecule has 8 nitrogen and oxygen atoms in total. The van der Waals surface area contributed by atoms with Crippen molar-refractivity contribution >= 4 is 17.9 Å². The van der Waals surface area contributed by atoms with E-state index in [0.717, 1.165) is 23.7 Å². The highest BCUT2D eigenvalue weighted by molar-refractivity contribution is 5.85. The second-order valence-corrected chi connectivity index (χ2v) is 8.31. The van der Waals surface area contributed by atoms with Crippen molar-refractivity contribution in [1.82, 2.24) is 10.2 Å². The van der Waals surface area contributed by atoms with Gasteiger partial charge in [-0.2, -0.15) is 0 Å². The number of aliphatic hydroxyl groups is 2. The maximum Gasteiger partial charge on any atom is 0.254 e. The number of hydrogen-bond donors (Lipinski definition) is 3. The molecule has 2 atom stereocenters. The zero-order valence-electron chi connectivity index (χ0n) is 20.4. The van der Waals surface area contributed by atoms with E-state index in [1.165, 1.54) is 10.5 Å². The third kappa shape index (κ3) is 7.91. The number of para-hydroxylation sites is 2. The van der Waals surface area contributed by atoms with E-state index >= 15 is 0 Å². The summed E-state index contributed by atoms with van der Waals surface area (Å²) in [4.78, 5) is 25.9. The van der Waals surface area contributed by atoms with Crippen LogP contribution in [0, 0.1) is 0 Å². The molecule has 0 bridgehead atoms. The maximum absolute atomic E-state index is 11.9. The highest BCUT2D eigenvalue weighted by Crippen LogP contribution is 2.21. The minimum Gasteiger partial charge on any atom is -0.457 e. The van der Waals surface area contributed by atoms with Gasteiger partial charge in [0.2, 0.25) is 0 Å². The summed E-state index contributed by atoms with van der Waals surface area (Å²) in [5, 5.41) is 21.8. The number of anilines is 1. The molecule has 1 aliphatic rings. The maximum atomic E-state index is 11.9. The minimum atomic E-state index is -1.67. The Labute approximate surface area is 211 Å². The van der Waals surface area contributed by atoms with Crippen molar-refractivity contribution in [3.63, 3.8) is 0 Å². The highest BCUT2D eigenvalue weighted by Gasteiger charge is 2.30. The molecule has 1 fully saturated rings. The Balaban J connectivity index is 0.000000205. The smallest absolute Gasteiger partial charge is 0.254 e. The van der Waals surface area contributed by atoms with Crippen molar-refractivity contribution in [2.45, 2.75) is 18.8 Å². The van der Waals surface area contributed by atoms with Crippen LogP contribution in [0.3, 0.4) is 0 Å². The number of carbonyl (C=O) groups is 2. The molecule has 0 saturated carbocycles. The van der Waals surface area contributed by atoms with Gasteiger partial charge in [0.05, 0.1) is 0 Å². The quantitative estimate of drug-likeness (QED) is 0.416. The summed E-state index contributed by atoms with van der Waals surface area (Å²) < 4.78 is 5.69. The number of hydrogen-bond acceptors (Lipinski definition) is 7. The topological polar surface area (TPSA) is 102 Å². The van der Waals surface area contributed by atoms with Gasteiger partial charge in [-0.15, -0.1) is 0 Å². The highest BCUT2D eigenvalue weighted by atomic mass is 16.5. The fourth-order valence-corrected chi connectivity index (χ4v) is 3.74. The predicted molar refractivity (Wildman–Crippen MR) is 139 cm³/mol. The van der Waals surface area contributed by atoms with Gasteiger partial charge in [0.15, 0.2) is 12.4 Å². The first-order valence-electron chi connectivity index (χ1n) is 11.9. The van der Waals surface area contributed by atoms with Gasteiger partial charge in [-0.3, -0.25) is 4.79 Å². The van der Waals surface area contributed by atoms with Crippen molar-refractivity contribution in [3.8, 4) is 11.5 Å². The molecule has 3 aromatic rings. The van der Waals surface area contributed by atoms with E-state index in [4.69, 9.17) is 4.74 Å². The Bertz CT molecular complexity index is 1060. The summed E-state index contributed by atoms with van der Waals surface area (Å²) in [5.74, 6) is 1.13. The van der Waals surface area contributed by atoms with E-state index in [9.17, 15) is 19.8 Å². The Kier molecular flexibility index (Phi) is 10.4. The van der Waals surface area contributed by atoms with Crippen molar-refractivity contribution in [2.24, 2.45) is 0 Å². The van der Waals surface area contributed by atoms with E-state index in [0.29, 0.717) is 26.2 Å². The van der Waals surface area contributed by atoms with Crippen LogP contribution >= 0.6 is 0 Å². The molecule has 3 N–H and O–H groups in total. The molecule has 0 aliphatic carbocycles. The number of rotatable bonds is 8. The van der Waals surface area contributed by atoms with Crippen molar-refractivity contribution in [1.29, 1.82) is 0 Å². The molecule has 0 aromatic heterocycles. The van der Waals surface area contributed by atoms with Gasteiger partial charge in [-0.1, -0.05) is 48.5 Å². The number of nitrogens with zero attached hydrogens (tertiary/aromatic N) is 2. The molecule has 1 heterocycles. The van der Waals surface area contributed by atoms with Gasteiger partial charge >= 0.3 is 0 Å². The molecule has 3 aromatic carbocycles. The van der Waals surface area contributed by atoms with Crippen molar-refractivity contribution < 1.29 is 24.5 Å². The molecule has 1 saturated heterocycles. The van der Waals surface area contributed by atoms with Crippen LogP contribution in [0.25, 0.3) is 0 Å². The molecule has 1 amide bonds. The zero-order chi connectivity index (χ0) is 25.8. The van der Waals surface area contributed by atoms with Gasteiger partial charge < -0.3 is 34.9 Å². The molecular formula is C28H33N3O5. The summed E-state index contributed by atoms with van der Waals surface area (Å²) in [6.45, 7) is 3.09. The first-order chi connectivity index (χ1) is 17.5. The lowest BCUT2D eigenvalue weighted by Gasteiger charge is -2.37. The van der Waals surface area contributed by atoms with Crippen molar-refractivity contribution in [2.75, 3.05) is 38.1 Å². The van der Waals surface area contributed by atoms with E-state index in [1.54, 1.807) is 0 Å². The van der Waals surface area contributed by atoms with Gasteiger partial charge in [-0.25, -0.2) is 0 Å². The van der Waals surface area contributed by atoms with Crippen LogP contribution in [0.1, 0.15) is 5.56 Å². The minimum absolute atomic E-state index is 0.169. The van der Waals surface area contributed by atoms with Gasteiger partial charge in [0.1, 0.15) is 17.6 Å². The number of aliphatic hydroxyl groups excluding tert-OH is 2. The van der Waals surface area contributed by atoms with Crippen LogP contribution in [0.5, 0.6) is 11.5 Å². The lowest BCUT2D eigenvalue weighted by Crippen LogP contribution is -2.53. The van der Waals surface area contributed by atoms with E-state index < -0.39 is 18.1 Å². The van der Waals surface area contributed by atoms with Gasteiger partial charge in [0.25, 0.3) is 5.91 Å². The normalized spacial score (nSPS) is 14.8. The summed E-state index contributed by atoms with van der Waals surface area (Å²) in [6.07, 6.45) is -3.16. The molecule has 2 unspecified atom stereocenters. The lowest BCUT2D eigenvalue weighted by molar-refractivity contribution is -0.149. The fraction of sp³-hybridized carbons (Fsp3) is 0.286. The summed E-state index contributed by atoms with van der Waals surface area (Å²) in [5.41, 5.74) is 2.34. The number of benzene rings is 3. The van der Waals surface area contributed by atoms with Crippen LogP contribution in [0.4, 0.5) is 5.69 Å². The van der Waals surface area contributed by atoms with Crippen LogP contribution in [-0.2, 0) is 16.1 Å². The lowest BCUT2D eigenvalue weighted by atomic mass is 10.1. The Morgan fingerprint density at radius 2 is 1.44 bits per heavy atom. The molecule has 0 radical (unpaired) electrons.